The Balaban J connectivity index is 1.91. The number of hydrogen-bond acceptors (Lipinski definition) is 6. The number of carbonyl (C=O) groups is 2. The van der Waals surface area contributed by atoms with Crippen LogP contribution in [0.25, 0.3) is 0 Å². The molecule has 0 unspecified atom stereocenters. The normalized spacial score (nSPS) is 10.1. The minimum Gasteiger partial charge on any atom is -0.484 e. The highest BCUT2D eigenvalue weighted by Crippen LogP contribution is 2.21. The molecule has 1 N–H and O–H groups in total. The summed E-state index contributed by atoms with van der Waals surface area (Å²) in [6, 6.07) is 10.4. The van der Waals surface area contributed by atoms with Gasteiger partial charge >= 0.3 is 5.97 Å². The Morgan fingerprint density at radius 2 is 1.85 bits per heavy atom. The lowest BCUT2D eigenvalue weighted by Gasteiger charge is -2.10. The summed E-state index contributed by atoms with van der Waals surface area (Å²) >= 11 is 0. The smallest absolute Gasteiger partial charge is 0.338 e. The van der Waals surface area contributed by atoms with Crippen molar-refractivity contribution in [2.24, 2.45) is 0 Å². The molecule has 1 amide bonds. The lowest BCUT2D eigenvalue weighted by Crippen LogP contribution is -2.20. The molecule has 0 radical (unpaired) electrons. The molecule has 2 aromatic carbocycles. The average Bonchev–Trinajstić information content (AvgIpc) is 2.62. The van der Waals surface area contributed by atoms with Crippen LogP contribution >= 0.6 is 0 Å². The summed E-state index contributed by atoms with van der Waals surface area (Å²) in [5, 5.41) is 13.4. The van der Waals surface area contributed by atoms with Crippen LogP contribution < -0.4 is 10.1 Å². The van der Waals surface area contributed by atoms with E-state index in [1.165, 1.54) is 18.2 Å². The fourth-order valence-electron chi connectivity index (χ4n) is 2.14. The van der Waals surface area contributed by atoms with Gasteiger partial charge in [-0.05, 0) is 49.7 Å². The Kier molecular flexibility index (Phi) is 6.26. The van der Waals surface area contributed by atoms with Gasteiger partial charge in [0, 0.05) is 17.8 Å². The third-order valence-electron chi connectivity index (χ3n) is 3.43. The Labute approximate surface area is 149 Å². The maximum atomic E-state index is 12.0. The van der Waals surface area contributed by atoms with E-state index in [4.69, 9.17) is 9.47 Å². The van der Waals surface area contributed by atoms with Crippen molar-refractivity contribution >= 4 is 23.3 Å². The number of nitrogens with one attached hydrogen (secondary N) is 1. The van der Waals surface area contributed by atoms with Crippen molar-refractivity contribution in [3.8, 4) is 5.75 Å². The summed E-state index contributed by atoms with van der Waals surface area (Å²) in [5.74, 6) is -0.407. The second-order valence-electron chi connectivity index (χ2n) is 5.34. The minimum absolute atomic E-state index is 0.0431. The quantitative estimate of drug-likeness (QED) is 0.463. The topological polar surface area (TPSA) is 108 Å². The van der Waals surface area contributed by atoms with Gasteiger partial charge in [-0.2, -0.15) is 0 Å². The van der Waals surface area contributed by atoms with E-state index in [0.29, 0.717) is 29.2 Å². The second-order valence-corrected chi connectivity index (χ2v) is 5.34. The molecule has 0 saturated heterocycles. The average molecular weight is 358 g/mol. The first-order valence-corrected chi connectivity index (χ1v) is 7.85. The van der Waals surface area contributed by atoms with Gasteiger partial charge in [-0.3, -0.25) is 14.9 Å². The molecule has 2 rings (SSSR count). The van der Waals surface area contributed by atoms with Gasteiger partial charge < -0.3 is 14.8 Å². The number of carbonyl (C=O) groups excluding carboxylic acids is 2. The fourth-order valence-corrected chi connectivity index (χ4v) is 2.14. The molecule has 0 fully saturated rings. The number of anilines is 1. The summed E-state index contributed by atoms with van der Waals surface area (Å²) in [5.41, 5.74) is 1.40. The molecule has 0 heterocycles. The second kappa shape index (κ2) is 8.61. The Morgan fingerprint density at radius 1 is 1.15 bits per heavy atom. The number of nitro benzene ring substituents is 1. The molecule has 2 aromatic rings. The number of non-ortho nitro benzene ring substituents is 1. The maximum absolute atomic E-state index is 12.0. The largest absolute Gasteiger partial charge is 0.484 e. The molecule has 0 saturated carbocycles. The number of rotatable bonds is 7. The lowest BCUT2D eigenvalue weighted by atomic mass is 10.2. The zero-order chi connectivity index (χ0) is 19.1. The predicted molar refractivity (Wildman–Crippen MR) is 94.4 cm³/mol. The summed E-state index contributed by atoms with van der Waals surface area (Å²) in [4.78, 5) is 33.7. The first-order valence-electron chi connectivity index (χ1n) is 7.85. The van der Waals surface area contributed by atoms with Crippen LogP contribution in [0, 0.1) is 17.0 Å². The summed E-state index contributed by atoms with van der Waals surface area (Å²) < 4.78 is 10.2. The minimum atomic E-state index is -0.498. The van der Waals surface area contributed by atoms with Gasteiger partial charge in [0.05, 0.1) is 17.1 Å². The van der Waals surface area contributed by atoms with Crippen LogP contribution in [0.3, 0.4) is 0 Å². The van der Waals surface area contributed by atoms with Crippen molar-refractivity contribution in [3.05, 3.63) is 63.7 Å². The van der Waals surface area contributed by atoms with E-state index >= 15 is 0 Å². The summed E-state index contributed by atoms with van der Waals surface area (Å²) in [7, 11) is 0. The number of nitrogens with zero attached hydrogens (tertiary/aromatic N) is 1. The first kappa shape index (κ1) is 18.9. The molecular formula is C18H18N2O6. The van der Waals surface area contributed by atoms with Crippen LogP contribution in [0.1, 0.15) is 22.8 Å². The molecule has 0 aliphatic rings. The van der Waals surface area contributed by atoms with Crippen LogP contribution in [-0.2, 0) is 9.53 Å². The third-order valence-corrected chi connectivity index (χ3v) is 3.43. The number of benzene rings is 2. The number of nitro groups is 1. The number of esters is 1. The molecule has 0 aliphatic carbocycles. The van der Waals surface area contributed by atoms with Crippen molar-refractivity contribution < 1.29 is 24.0 Å². The Bertz CT molecular complexity index is 817. The Morgan fingerprint density at radius 3 is 2.42 bits per heavy atom. The van der Waals surface area contributed by atoms with E-state index in [1.54, 1.807) is 38.1 Å². The highest BCUT2D eigenvalue weighted by molar-refractivity contribution is 5.93. The van der Waals surface area contributed by atoms with E-state index in [2.05, 4.69) is 5.32 Å². The number of aryl methyl sites for hydroxylation is 1. The molecule has 0 aliphatic heterocycles. The lowest BCUT2D eigenvalue weighted by molar-refractivity contribution is -0.384. The summed E-state index contributed by atoms with van der Waals surface area (Å²) in [6.07, 6.45) is 0. The van der Waals surface area contributed by atoms with Crippen LogP contribution in [0.4, 0.5) is 11.4 Å². The van der Waals surface area contributed by atoms with Gasteiger partial charge in [0.25, 0.3) is 11.6 Å². The number of hydrogen-bond donors (Lipinski definition) is 1. The summed E-state index contributed by atoms with van der Waals surface area (Å²) in [6.45, 7) is 3.44. The molecular weight excluding hydrogens is 340 g/mol. The van der Waals surface area contributed by atoms with Crippen molar-refractivity contribution in [1.82, 2.24) is 0 Å². The van der Waals surface area contributed by atoms with E-state index < -0.39 is 16.8 Å². The van der Waals surface area contributed by atoms with Gasteiger partial charge in [-0.25, -0.2) is 4.79 Å². The molecule has 0 spiro atoms. The fraction of sp³-hybridized carbons (Fsp3) is 0.222. The molecule has 0 aromatic heterocycles. The van der Waals surface area contributed by atoms with E-state index in [0.717, 1.165) is 0 Å². The zero-order valence-corrected chi connectivity index (χ0v) is 14.4. The Hall–Kier alpha value is -3.42. The van der Waals surface area contributed by atoms with Gasteiger partial charge in [0.15, 0.2) is 6.61 Å². The predicted octanol–water partition coefficient (Wildman–Crippen LogP) is 3.10. The van der Waals surface area contributed by atoms with Gasteiger partial charge in [0.1, 0.15) is 5.75 Å². The van der Waals surface area contributed by atoms with Crippen LogP contribution in [0.15, 0.2) is 42.5 Å². The first-order chi connectivity index (χ1) is 12.4. The van der Waals surface area contributed by atoms with Gasteiger partial charge in [-0.1, -0.05) is 0 Å². The van der Waals surface area contributed by atoms with E-state index in [9.17, 15) is 19.7 Å². The maximum Gasteiger partial charge on any atom is 0.338 e. The molecule has 8 nitrogen and oxygen atoms in total. The van der Waals surface area contributed by atoms with Crippen molar-refractivity contribution in [1.29, 1.82) is 0 Å². The van der Waals surface area contributed by atoms with Gasteiger partial charge in [0.2, 0.25) is 0 Å². The number of ether oxygens (including phenoxy) is 2. The highest BCUT2D eigenvalue weighted by atomic mass is 16.6. The van der Waals surface area contributed by atoms with Crippen LogP contribution in [0.2, 0.25) is 0 Å². The van der Waals surface area contributed by atoms with Crippen LogP contribution in [0.5, 0.6) is 5.75 Å². The van der Waals surface area contributed by atoms with E-state index in [-0.39, 0.29) is 12.3 Å². The van der Waals surface area contributed by atoms with Crippen LogP contribution in [-0.4, -0.2) is 30.0 Å². The molecule has 8 heteroatoms. The SMILES string of the molecule is CCOC(=O)c1ccc(OCC(=O)Nc2ccc([N+](=O)[O-])cc2C)cc1. The van der Waals surface area contributed by atoms with Crippen molar-refractivity contribution in [2.75, 3.05) is 18.5 Å². The third kappa shape index (κ3) is 5.04. The monoisotopic (exact) mass is 358 g/mol. The highest BCUT2D eigenvalue weighted by Gasteiger charge is 2.11. The van der Waals surface area contributed by atoms with E-state index in [1.807, 2.05) is 0 Å². The standard InChI is InChI=1S/C18H18N2O6/c1-3-25-18(22)13-4-7-15(8-5-13)26-11-17(21)19-16-9-6-14(20(23)24)10-12(16)2/h4-10H,3,11H2,1-2H3,(H,19,21). The van der Waals surface area contributed by atoms with Gasteiger partial charge in [-0.15, -0.1) is 0 Å². The zero-order valence-electron chi connectivity index (χ0n) is 14.4. The molecule has 26 heavy (non-hydrogen) atoms. The molecule has 0 bridgehead atoms. The van der Waals surface area contributed by atoms with Crippen molar-refractivity contribution in [2.45, 2.75) is 13.8 Å². The number of amides is 1. The van der Waals surface area contributed by atoms with Crippen molar-refractivity contribution in [3.63, 3.8) is 0 Å². The molecule has 0 atom stereocenters. The molecule has 136 valence electrons.